The fraction of sp³-hybridized carbons (Fsp3) is 0.484. The minimum atomic E-state index is -3.73. The van der Waals surface area contributed by atoms with Gasteiger partial charge in [-0.2, -0.15) is 4.31 Å². The van der Waals surface area contributed by atoms with Gasteiger partial charge in [0, 0.05) is 44.8 Å². The summed E-state index contributed by atoms with van der Waals surface area (Å²) in [7, 11) is -3.73. The van der Waals surface area contributed by atoms with E-state index in [4.69, 9.17) is 9.47 Å². The van der Waals surface area contributed by atoms with Crippen molar-refractivity contribution in [1.82, 2.24) is 14.1 Å². The van der Waals surface area contributed by atoms with Crippen LogP contribution in [0.5, 0.6) is 0 Å². The van der Waals surface area contributed by atoms with E-state index in [1.807, 2.05) is 24.3 Å². The van der Waals surface area contributed by atoms with Gasteiger partial charge in [-0.15, -0.1) is 0 Å². The van der Waals surface area contributed by atoms with E-state index in [-0.39, 0.29) is 40.3 Å². The second-order valence-corrected chi connectivity index (χ2v) is 13.8. The van der Waals surface area contributed by atoms with Gasteiger partial charge in [-0.1, -0.05) is 45.0 Å². The fourth-order valence-corrected chi connectivity index (χ4v) is 6.98. The van der Waals surface area contributed by atoms with Crippen molar-refractivity contribution in [2.75, 3.05) is 65.7 Å². The first-order valence-electron chi connectivity index (χ1n) is 14.4. The Kier molecular flexibility index (Phi) is 8.86. The molecule has 3 heterocycles. The number of hydrogen-bond acceptors (Lipinski definition) is 8. The summed E-state index contributed by atoms with van der Waals surface area (Å²) >= 11 is 0. The summed E-state index contributed by atoms with van der Waals surface area (Å²) in [6, 6.07) is 12.8. The smallest absolute Gasteiger partial charge is 0.295 e. The van der Waals surface area contributed by atoms with Crippen molar-refractivity contribution in [2.24, 2.45) is 0 Å². The highest BCUT2D eigenvalue weighted by Gasteiger charge is 2.46. The summed E-state index contributed by atoms with van der Waals surface area (Å²) in [6.07, 6.45) is 0. The van der Waals surface area contributed by atoms with Crippen molar-refractivity contribution < 1.29 is 32.6 Å². The lowest BCUT2D eigenvalue weighted by atomic mass is 9.85. The van der Waals surface area contributed by atoms with E-state index in [1.54, 1.807) is 0 Å². The molecule has 2 aromatic rings. The number of carbonyl (C=O) groups excluding carboxylic acids is 2. The topological polar surface area (TPSA) is 117 Å². The molecule has 3 saturated heterocycles. The molecule has 2 aromatic carbocycles. The zero-order valence-corrected chi connectivity index (χ0v) is 25.2. The van der Waals surface area contributed by atoms with E-state index in [0.717, 1.165) is 24.2 Å². The number of aliphatic hydroxyl groups is 1. The normalized spacial score (nSPS) is 22.5. The maximum Gasteiger partial charge on any atom is 0.295 e. The SMILES string of the molecule is CC(C)(C)c1ccc([C@@H]2C(=C(O)c3ccc(S(=O)(=O)N4CCOCC4)cc3)C(=O)C(=O)N2CCN2CCOCC2)cc1. The van der Waals surface area contributed by atoms with Crippen LogP contribution in [0.25, 0.3) is 5.76 Å². The highest BCUT2D eigenvalue weighted by molar-refractivity contribution is 7.89. The quantitative estimate of drug-likeness (QED) is 0.294. The monoisotopic (exact) mass is 597 g/mol. The number of sulfonamides is 1. The molecule has 0 aliphatic carbocycles. The van der Waals surface area contributed by atoms with Crippen LogP contribution in [0.1, 0.15) is 43.5 Å². The third kappa shape index (κ3) is 6.16. The van der Waals surface area contributed by atoms with E-state index in [0.29, 0.717) is 39.5 Å². The zero-order valence-electron chi connectivity index (χ0n) is 24.4. The van der Waals surface area contributed by atoms with Crippen molar-refractivity contribution in [1.29, 1.82) is 0 Å². The number of aliphatic hydroxyl groups excluding tert-OH is 1. The predicted octanol–water partition coefficient (Wildman–Crippen LogP) is 2.76. The van der Waals surface area contributed by atoms with Gasteiger partial charge in [0.05, 0.1) is 42.9 Å². The van der Waals surface area contributed by atoms with E-state index >= 15 is 0 Å². The summed E-state index contributed by atoms with van der Waals surface area (Å²) in [6.45, 7) is 11.1. The Balaban J connectivity index is 1.50. The lowest BCUT2D eigenvalue weighted by Crippen LogP contribution is -2.42. The molecular formula is C31H39N3O7S. The largest absolute Gasteiger partial charge is 0.507 e. The predicted molar refractivity (Wildman–Crippen MR) is 157 cm³/mol. The second-order valence-electron chi connectivity index (χ2n) is 11.9. The van der Waals surface area contributed by atoms with Gasteiger partial charge in [0.25, 0.3) is 11.7 Å². The molecule has 10 nitrogen and oxygen atoms in total. The van der Waals surface area contributed by atoms with Crippen molar-refractivity contribution in [3.8, 4) is 0 Å². The maximum absolute atomic E-state index is 13.5. The number of hydrogen-bond donors (Lipinski definition) is 1. The zero-order chi connectivity index (χ0) is 30.1. The third-order valence-corrected chi connectivity index (χ3v) is 10.0. The summed E-state index contributed by atoms with van der Waals surface area (Å²) in [5.41, 5.74) is 2.00. The number of rotatable bonds is 7. The summed E-state index contributed by atoms with van der Waals surface area (Å²) in [4.78, 5) is 30.7. The van der Waals surface area contributed by atoms with E-state index in [1.165, 1.54) is 33.5 Å². The van der Waals surface area contributed by atoms with Crippen molar-refractivity contribution in [3.05, 3.63) is 70.8 Å². The summed E-state index contributed by atoms with van der Waals surface area (Å²) < 4.78 is 38.2. The number of nitrogens with zero attached hydrogens (tertiary/aromatic N) is 3. The average molecular weight is 598 g/mol. The number of likely N-dealkylation sites (tertiary alicyclic amines) is 1. The molecule has 0 spiro atoms. The molecule has 1 amide bonds. The highest BCUT2D eigenvalue weighted by Crippen LogP contribution is 2.40. The number of benzene rings is 2. The second kappa shape index (κ2) is 12.3. The minimum absolute atomic E-state index is 0.00530. The van der Waals surface area contributed by atoms with Crippen LogP contribution < -0.4 is 0 Å². The molecule has 1 N–H and O–H groups in total. The van der Waals surface area contributed by atoms with Crippen LogP contribution in [0.15, 0.2) is 59.0 Å². The molecule has 0 aromatic heterocycles. The first-order chi connectivity index (χ1) is 20.0. The molecule has 5 rings (SSSR count). The molecule has 0 radical (unpaired) electrons. The number of Topliss-reactive ketones (excluding diaryl/α,β-unsaturated/α-hetero) is 1. The van der Waals surface area contributed by atoms with Crippen LogP contribution in [0.2, 0.25) is 0 Å². The van der Waals surface area contributed by atoms with Crippen molar-refractivity contribution in [3.63, 3.8) is 0 Å². The summed E-state index contributed by atoms with van der Waals surface area (Å²) in [5.74, 6) is -1.76. The van der Waals surface area contributed by atoms with Crippen LogP contribution in [0.4, 0.5) is 0 Å². The fourth-order valence-electron chi connectivity index (χ4n) is 5.57. The van der Waals surface area contributed by atoms with Crippen LogP contribution in [-0.4, -0.2) is 105 Å². The molecule has 0 unspecified atom stereocenters. The van der Waals surface area contributed by atoms with Crippen LogP contribution in [0.3, 0.4) is 0 Å². The first-order valence-corrected chi connectivity index (χ1v) is 15.8. The van der Waals surface area contributed by atoms with Gasteiger partial charge in [-0.3, -0.25) is 14.5 Å². The van der Waals surface area contributed by atoms with E-state index in [9.17, 15) is 23.1 Å². The Labute approximate surface area is 247 Å². The van der Waals surface area contributed by atoms with Gasteiger partial charge in [-0.05, 0) is 40.8 Å². The number of morpholine rings is 2. The molecule has 3 fully saturated rings. The lowest BCUT2D eigenvalue weighted by molar-refractivity contribution is -0.140. The Morgan fingerprint density at radius 1 is 0.857 bits per heavy atom. The average Bonchev–Trinajstić information content (AvgIpc) is 3.25. The Morgan fingerprint density at radius 2 is 1.43 bits per heavy atom. The maximum atomic E-state index is 13.5. The molecule has 42 heavy (non-hydrogen) atoms. The Morgan fingerprint density at radius 3 is 2.00 bits per heavy atom. The van der Waals surface area contributed by atoms with Crippen molar-refractivity contribution >= 4 is 27.5 Å². The molecule has 3 aliphatic heterocycles. The van der Waals surface area contributed by atoms with Gasteiger partial charge in [-0.25, -0.2) is 8.42 Å². The lowest BCUT2D eigenvalue weighted by Gasteiger charge is -2.31. The number of ketones is 1. The number of carbonyl (C=O) groups is 2. The highest BCUT2D eigenvalue weighted by atomic mass is 32.2. The van der Waals surface area contributed by atoms with Gasteiger partial charge in [0.1, 0.15) is 5.76 Å². The summed E-state index contributed by atoms with van der Waals surface area (Å²) in [5, 5.41) is 11.5. The third-order valence-electron chi connectivity index (χ3n) is 8.13. The van der Waals surface area contributed by atoms with Gasteiger partial charge >= 0.3 is 0 Å². The molecule has 1 atom stereocenters. The van der Waals surface area contributed by atoms with E-state index in [2.05, 4.69) is 25.7 Å². The van der Waals surface area contributed by atoms with Gasteiger partial charge in [0.15, 0.2) is 0 Å². The molecular weight excluding hydrogens is 558 g/mol. The minimum Gasteiger partial charge on any atom is -0.507 e. The van der Waals surface area contributed by atoms with Crippen LogP contribution in [-0.2, 0) is 34.5 Å². The Hall–Kier alpha value is -3.09. The van der Waals surface area contributed by atoms with Crippen molar-refractivity contribution in [2.45, 2.75) is 37.1 Å². The molecule has 3 aliphatic rings. The number of amides is 1. The first kappa shape index (κ1) is 30.4. The Bertz CT molecular complexity index is 1430. The van der Waals surface area contributed by atoms with Crippen LogP contribution >= 0.6 is 0 Å². The number of ether oxygens (including phenoxy) is 2. The van der Waals surface area contributed by atoms with Crippen LogP contribution in [0, 0.1) is 0 Å². The molecule has 226 valence electrons. The molecule has 0 bridgehead atoms. The standard InChI is InChI=1S/C31H39N3O7S/c1-31(2,3)24-8-4-22(5-9-24)27-26(29(36)30(37)34(27)13-12-32-14-18-40-19-15-32)28(35)23-6-10-25(11-7-23)42(38,39)33-16-20-41-21-17-33/h4-11,27,35H,12-21H2,1-3H3/t27-/m1/s1. The van der Waals surface area contributed by atoms with Gasteiger partial charge in [0.2, 0.25) is 10.0 Å². The van der Waals surface area contributed by atoms with Gasteiger partial charge < -0.3 is 19.5 Å². The van der Waals surface area contributed by atoms with E-state index < -0.39 is 27.8 Å². The molecule has 0 saturated carbocycles. The molecule has 11 heteroatoms.